The summed E-state index contributed by atoms with van der Waals surface area (Å²) in [6.07, 6.45) is 3.06. The highest BCUT2D eigenvalue weighted by molar-refractivity contribution is 7.17. The maximum Gasteiger partial charge on any atom is 0.290 e. The number of nitrogens with zero attached hydrogens (tertiary/aromatic N) is 3. The molecule has 1 aromatic carbocycles. The number of carbonyl (C=O) groups excluding carboxylic acids is 1. The van der Waals surface area contributed by atoms with Crippen LogP contribution < -0.4 is 5.32 Å². The number of hydrogen-bond donors (Lipinski definition) is 2. The van der Waals surface area contributed by atoms with Crippen molar-refractivity contribution >= 4 is 33.9 Å². The number of aromatic nitrogens is 3. The van der Waals surface area contributed by atoms with E-state index >= 15 is 0 Å². The summed E-state index contributed by atoms with van der Waals surface area (Å²) >= 11 is 1.51. The molecule has 0 bridgehead atoms. The smallest absolute Gasteiger partial charge is 0.290 e. The lowest BCUT2D eigenvalue weighted by molar-refractivity contribution is -0.122. The fraction of sp³-hybridized carbons (Fsp3) is 0.333. The van der Waals surface area contributed by atoms with Crippen LogP contribution in [0.5, 0.6) is 0 Å². The average molecular weight is 372 g/mol. The third-order valence-corrected chi connectivity index (χ3v) is 5.43. The normalized spacial score (nSPS) is 15.7. The summed E-state index contributed by atoms with van der Waals surface area (Å²) in [7, 11) is 1.98. The van der Waals surface area contributed by atoms with Crippen LogP contribution in [0, 0.1) is 6.92 Å². The van der Waals surface area contributed by atoms with E-state index in [-0.39, 0.29) is 18.4 Å². The van der Waals surface area contributed by atoms with Gasteiger partial charge in [-0.1, -0.05) is 6.07 Å². The summed E-state index contributed by atoms with van der Waals surface area (Å²) in [5.41, 5.74) is 6.83. The molecule has 136 valence electrons. The molecule has 0 spiro atoms. The molecule has 0 saturated carbocycles. The maximum atomic E-state index is 12.8. The molecular formula is C18H20N4O3S. The number of fused-ring (bicyclic) bond motifs is 2. The van der Waals surface area contributed by atoms with Gasteiger partial charge in [0.2, 0.25) is 0 Å². The lowest BCUT2D eigenvalue weighted by Gasteiger charge is -2.24. The average Bonchev–Trinajstić information content (AvgIpc) is 3.20. The van der Waals surface area contributed by atoms with E-state index in [0.29, 0.717) is 5.56 Å². The van der Waals surface area contributed by atoms with Crippen LogP contribution in [-0.4, -0.2) is 32.3 Å². The number of carboxylic acid groups (broad SMARTS) is 1. The van der Waals surface area contributed by atoms with Gasteiger partial charge >= 0.3 is 0 Å². The van der Waals surface area contributed by atoms with E-state index in [1.54, 1.807) is 5.51 Å². The van der Waals surface area contributed by atoms with Crippen molar-refractivity contribution in [1.82, 2.24) is 20.1 Å². The van der Waals surface area contributed by atoms with E-state index in [1.165, 1.54) is 22.6 Å². The van der Waals surface area contributed by atoms with Crippen LogP contribution in [-0.2, 0) is 18.3 Å². The van der Waals surface area contributed by atoms with Gasteiger partial charge in [0.05, 0.1) is 33.0 Å². The molecule has 2 heterocycles. The lowest BCUT2D eigenvalue weighted by Crippen LogP contribution is -2.31. The van der Waals surface area contributed by atoms with E-state index in [1.807, 2.05) is 36.9 Å². The number of benzene rings is 1. The van der Waals surface area contributed by atoms with Crippen molar-refractivity contribution in [2.75, 3.05) is 0 Å². The predicted octanol–water partition coefficient (Wildman–Crippen LogP) is 2.85. The van der Waals surface area contributed by atoms with Crippen LogP contribution in [0.1, 0.15) is 46.2 Å². The Kier molecular flexibility index (Phi) is 5.32. The van der Waals surface area contributed by atoms with Crippen LogP contribution in [0.3, 0.4) is 0 Å². The molecule has 2 aromatic heterocycles. The van der Waals surface area contributed by atoms with Gasteiger partial charge in [0, 0.05) is 18.3 Å². The summed E-state index contributed by atoms with van der Waals surface area (Å²) in [4.78, 5) is 25.4. The van der Waals surface area contributed by atoms with Gasteiger partial charge < -0.3 is 10.4 Å². The van der Waals surface area contributed by atoms with Gasteiger partial charge in [-0.05, 0) is 38.3 Å². The van der Waals surface area contributed by atoms with Crippen molar-refractivity contribution in [3.63, 3.8) is 0 Å². The van der Waals surface area contributed by atoms with Gasteiger partial charge in [0.15, 0.2) is 0 Å². The zero-order valence-electron chi connectivity index (χ0n) is 14.6. The molecule has 1 unspecified atom stereocenters. The number of aryl methyl sites for hydroxylation is 2. The summed E-state index contributed by atoms with van der Waals surface area (Å²) < 4.78 is 2.90. The van der Waals surface area contributed by atoms with Crippen molar-refractivity contribution < 1.29 is 14.7 Å². The van der Waals surface area contributed by atoms with Crippen molar-refractivity contribution in [2.45, 2.75) is 32.2 Å². The van der Waals surface area contributed by atoms with Crippen molar-refractivity contribution in [3.8, 4) is 0 Å². The molecule has 1 aliphatic rings. The number of carbonyl (C=O) groups is 2. The minimum atomic E-state index is -0.250. The summed E-state index contributed by atoms with van der Waals surface area (Å²) in [5, 5.41) is 14.6. The molecular weight excluding hydrogens is 352 g/mol. The van der Waals surface area contributed by atoms with Gasteiger partial charge in [-0.25, -0.2) is 4.98 Å². The zero-order valence-corrected chi connectivity index (χ0v) is 15.4. The molecule has 0 radical (unpaired) electrons. The third-order valence-electron chi connectivity index (χ3n) is 4.55. The molecule has 7 nitrogen and oxygen atoms in total. The second-order valence-corrected chi connectivity index (χ2v) is 6.95. The molecule has 1 atom stereocenters. The highest BCUT2D eigenvalue weighted by Gasteiger charge is 2.28. The largest absolute Gasteiger partial charge is 0.483 e. The molecule has 1 amide bonds. The monoisotopic (exact) mass is 372 g/mol. The van der Waals surface area contributed by atoms with Crippen LogP contribution in [0.2, 0.25) is 0 Å². The van der Waals surface area contributed by atoms with Gasteiger partial charge in [0.25, 0.3) is 12.4 Å². The Morgan fingerprint density at radius 2 is 2.23 bits per heavy atom. The zero-order chi connectivity index (χ0) is 18.7. The first-order valence-electron chi connectivity index (χ1n) is 8.30. The van der Waals surface area contributed by atoms with Gasteiger partial charge in [-0.2, -0.15) is 5.10 Å². The molecule has 8 heteroatoms. The second-order valence-electron chi connectivity index (χ2n) is 6.10. The van der Waals surface area contributed by atoms with Gasteiger partial charge in [-0.15, -0.1) is 11.3 Å². The SMILES string of the molecule is Cc1nn(C)c2c1C(NC(=O)c1cccc3ncsc13)CCC2.O=CO. The van der Waals surface area contributed by atoms with Crippen LogP contribution in [0.4, 0.5) is 0 Å². The molecule has 1 aliphatic carbocycles. The molecule has 4 rings (SSSR count). The Hall–Kier alpha value is -2.74. The van der Waals surface area contributed by atoms with Crippen LogP contribution in [0.15, 0.2) is 23.7 Å². The molecule has 2 N–H and O–H groups in total. The van der Waals surface area contributed by atoms with Crippen LogP contribution >= 0.6 is 11.3 Å². The Morgan fingerprint density at radius 1 is 1.46 bits per heavy atom. The topological polar surface area (TPSA) is 97.1 Å². The van der Waals surface area contributed by atoms with Gasteiger partial charge in [0.1, 0.15) is 0 Å². The van der Waals surface area contributed by atoms with Crippen molar-refractivity contribution in [1.29, 1.82) is 0 Å². The molecule has 0 aliphatic heterocycles. The van der Waals surface area contributed by atoms with E-state index in [0.717, 1.165) is 35.2 Å². The number of hydrogen-bond acceptors (Lipinski definition) is 5. The lowest BCUT2D eigenvalue weighted by atomic mass is 9.90. The molecule has 0 saturated heterocycles. The van der Waals surface area contributed by atoms with E-state index in [4.69, 9.17) is 9.90 Å². The standard InChI is InChI=1S/C17H18N4OS.CH2O2/c1-10-15-12(6-4-8-14(15)21(2)20-10)19-17(22)11-5-3-7-13-16(11)23-9-18-13;2-1-3/h3,5,7,9,12H,4,6,8H2,1-2H3,(H,19,22);1H,(H,2,3). The van der Waals surface area contributed by atoms with E-state index in [2.05, 4.69) is 15.4 Å². The quantitative estimate of drug-likeness (QED) is 0.674. The molecule has 0 fully saturated rings. The predicted molar refractivity (Wildman–Crippen MR) is 99.4 cm³/mol. The first-order valence-corrected chi connectivity index (χ1v) is 9.18. The number of amides is 1. The van der Waals surface area contributed by atoms with Crippen molar-refractivity contribution in [3.05, 3.63) is 46.2 Å². The number of nitrogens with one attached hydrogen (secondary N) is 1. The maximum absolute atomic E-state index is 12.8. The molecule has 26 heavy (non-hydrogen) atoms. The Labute approximate surface area is 154 Å². The Morgan fingerprint density at radius 3 is 3.00 bits per heavy atom. The Balaban J connectivity index is 0.000000613. The van der Waals surface area contributed by atoms with E-state index in [9.17, 15) is 4.79 Å². The fourth-order valence-corrected chi connectivity index (χ4v) is 4.34. The molecule has 3 aromatic rings. The fourth-order valence-electron chi connectivity index (χ4n) is 3.54. The van der Waals surface area contributed by atoms with Crippen LogP contribution in [0.25, 0.3) is 10.2 Å². The number of thiazole rings is 1. The summed E-state index contributed by atoms with van der Waals surface area (Å²) in [6, 6.07) is 5.74. The van der Waals surface area contributed by atoms with Gasteiger partial charge in [-0.3, -0.25) is 14.3 Å². The van der Waals surface area contributed by atoms with E-state index < -0.39 is 0 Å². The highest BCUT2D eigenvalue weighted by Crippen LogP contribution is 2.32. The summed E-state index contributed by atoms with van der Waals surface area (Å²) in [6.45, 7) is 1.77. The Bertz CT molecular complexity index is 947. The first-order chi connectivity index (χ1) is 12.6. The summed E-state index contributed by atoms with van der Waals surface area (Å²) in [5.74, 6) is -0.0269. The second kappa shape index (κ2) is 7.65. The minimum absolute atomic E-state index is 0.0269. The van der Waals surface area contributed by atoms with Crippen molar-refractivity contribution in [2.24, 2.45) is 7.05 Å². The highest BCUT2D eigenvalue weighted by atomic mass is 32.1. The third kappa shape index (κ3) is 3.32. The first kappa shape index (κ1) is 18.1. The minimum Gasteiger partial charge on any atom is -0.483 e. The number of rotatable bonds is 2.